The Balaban J connectivity index is 1.94. The van der Waals surface area contributed by atoms with Crippen LogP contribution >= 0.6 is 23.4 Å². The van der Waals surface area contributed by atoms with E-state index in [-0.39, 0.29) is 5.91 Å². The molecule has 1 N–H and O–H groups in total. The van der Waals surface area contributed by atoms with E-state index in [1.54, 1.807) is 45.6 Å². The quantitative estimate of drug-likeness (QED) is 0.720. The van der Waals surface area contributed by atoms with Crippen LogP contribution in [-0.4, -0.2) is 32.4 Å². The van der Waals surface area contributed by atoms with Gasteiger partial charge in [0.25, 0.3) is 5.91 Å². The molecule has 0 unspecified atom stereocenters. The molecule has 28 heavy (non-hydrogen) atoms. The Morgan fingerprint density at radius 3 is 2.32 bits per heavy atom. The molecule has 1 aliphatic heterocycles. The Kier molecular flexibility index (Phi) is 6.16. The lowest BCUT2D eigenvalue weighted by Gasteiger charge is -2.12. The molecule has 2 aromatic rings. The highest BCUT2D eigenvalue weighted by molar-refractivity contribution is 8.18. The van der Waals surface area contributed by atoms with Crippen molar-refractivity contribution in [3.8, 4) is 17.2 Å². The average Bonchev–Trinajstić information content (AvgIpc) is 3.03. The number of thioether (sulfide) groups is 1. The van der Waals surface area contributed by atoms with Gasteiger partial charge in [0.05, 0.1) is 37.5 Å². The largest absolute Gasteiger partial charge is 0.496 e. The number of nitrogens with one attached hydrogen (secondary N) is 1. The van der Waals surface area contributed by atoms with Gasteiger partial charge in [-0.05, 0) is 42.5 Å². The second-order valence-electron chi connectivity index (χ2n) is 5.86. The number of amidine groups is 1. The molecule has 0 aliphatic carbocycles. The number of amides is 1. The van der Waals surface area contributed by atoms with Crippen molar-refractivity contribution in [2.75, 3.05) is 21.3 Å². The number of methoxy groups -OCH3 is 3. The van der Waals surface area contributed by atoms with E-state index in [0.29, 0.717) is 43.6 Å². The van der Waals surface area contributed by atoms with E-state index in [9.17, 15) is 4.79 Å². The van der Waals surface area contributed by atoms with Gasteiger partial charge in [-0.1, -0.05) is 17.7 Å². The molecule has 1 heterocycles. The number of rotatable bonds is 5. The zero-order valence-corrected chi connectivity index (χ0v) is 17.4. The second-order valence-corrected chi connectivity index (χ2v) is 7.30. The summed E-state index contributed by atoms with van der Waals surface area (Å²) in [4.78, 5) is 17.3. The van der Waals surface area contributed by atoms with Crippen LogP contribution in [0.4, 0.5) is 5.69 Å². The number of nitrogens with zero attached hydrogens (tertiary/aromatic N) is 1. The average molecular weight is 419 g/mol. The molecule has 146 valence electrons. The molecule has 0 atom stereocenters. The summed E-state index contributed by atoms with van der Waals surface area (Å²) in [6, 6.07) is 8.95. The van der Waals surface area contributed by atoms with Crippen molar-refractivity contribution in [1.29, 1.82) is 0 Å². The fourth-order valence-electron chi connectivity index (χ4n) is 2.56. The van der Waals surface area contributed by atoms with Crippen LogP contribution in [0.2, 0.25) is 5.02 Å². The van der Waals surface area contributed by atoms with Crippen LogP contribution in [0.25, 0.3) is 6.08 Å². The van der Waals surface area contributed by atoms with Crippen LogP contribution in [0.15, 0.2) is 40.2 Å². The summed E-state index contributed by atoms with van der Waals surface area (Å²) in [7, 11) is 4.66. The number of hydrogen-bond donors (Lipinski definition) is 1. The van der Waals surface area contributed by atoms with Crippen LogP contribution in [0.5, 0.6) is 17.2 Å². The first-order valence-electron chi connectivity index (χ1n) is 8.31. The van der Waals surface area contributed by atoms with Crippen LogP contribution < -0.4 is 19.5 Å². The third kappa shape index (κ3) is 4.26. The lowest BCUT2D eigenvalue weighted by atomic mass is 10.1. The minimum atomic E-state index is -0.248. The monoisotopic (exact) mass is 418 g/mol. The van der Waals surface area contributed by atoms with Crippen molar-refractivity contribution in [3.05, 3.63) is 51.4 Å². The molecular weight excluding hydrogens is 400 g/mol. The van der Waals surface area contributed by atoms with Gasteiger partial charge in [-0.2, -0.15) is 0 Å². The van der Waals surface area contributed by atoms with Gasteiger partial charge >= 0.3 is 0 Å². The topological polar surface area (TPSA) is 69.2 Å². The molecule has 0 spiro atoms. The fraction of sp³-hybridized carbons (Fsp3) is 0.200. The van der Waals surface area contributed by atoms with E-state index in [0.717, 1.165) is 5.56 Å². The van der Waals surface area contributed by atoms with Crippen LogP contribution in [-0.2, 0) is 4.79 Å². The smallest absolute Gasteiger partial charge is 0.264 e. The number of aliphatic imine (C=N–C) groups is 1. The zero-order valence-electron chi connectivity index (χ0n) is 15.8. The molecule has 1 fully saturated rings. The molecule has 3 rings (SSSR count). The number of halogens is 1. The summed E-state index contributed by atoms with van der Waals surface area (Å²) in [5.41, 5.74) is 2.27. The number of aryl methyl sites for hydroxylation is 1. The maximum atomic E-state index is 12.4. The summed E-state index contributed by atoms with van der Waals surface area (Å²) >= 11 is 7.37. The first-order chi connectivity index (χ1) is 13.4. The van der Waals surface area contributed by atoms with Crippen LogP contribution in [0, 0.1) is 6.92 Å². The predicted octanol–water partition coefficient (Wildman–Crippen LogP) is 4.57. The summed E-state index contributed by atoms with van der Waals surface area (Å²) in [5, 5.41) is 3.86. The zero-order chi connectivity index (χ0) is 20.3. The van der Waals surface area contributed by atoms with E-state index in [1.807, 2.05) is 19.1 Å². The van der Waals surface area contributed by atoms with Crippen LogP contribution in [0.3, 0.4) is 0 Å². The highest BCUT2D eigenvalue weighted by atomic mass is 35.5. The molecular formula is C20H19ClN2O4S. The number of ether oxygens (including phenoxy) is 3. The number of hydrogen-bond acceptors (Lipinski definition) is 6. The number of benzene rings is 2. The van der Waals surface area contributed by atoms with Gasteiger partial charge in [0.2, 0.25) is 0 Å². The lowest BCUT2D eigenvalue weighted by Crippen LogP contribution is -2.19. The first kappa shape index (κ1) is 20.1. The van der Waals surface area contributed by atoms with Gasteiger partial charge in [0.1, 0.15) is 17.2 Å². The summed E-state index contributed by atoms with van der Waals surface area (Å²) < 4.78 is 16.1. The Morgan fingerprint density at radius 1 is 1.07 bits per heavy atom. The highest BCUT2D eigenvalue weighted by Crippen LogP contribution is 2.38. The van der Waals surface area contributed by atoms with E-state index in [2.05, 4.69) is 10.3 Å². The van der Waals surface area contributed by atoms with Crippen molar-refractivity contribution in [2.24, 2.45) is 4.99 Å². The summed E-state index contributed by atoms with van der Waals surface area (Å²) in [6.07, 6.45) is 1.71. The maximum Gasteiger partial charge on any atom is 0.264 e. The standard InChI is InChI=1S/C20H19ClN2O4S/c1-11-5-6-12(7-15(11)21)22-20-23-19(24)18(28-20)10-14-16(26-3)8-13(25-2)9-17(14)27-4/h5-10H,1-4H3,(H,22,23,24)/b18-10-. The highest BCUT2D eigenvalue weighted by Gasteiger charge is 2.25. The molecule has 0 bridgehead atoms. The Morgan fingerprint density at radius 2 is 1.75 bits per heavy atom. The Hall–Kier alpha value is -2.64. The van der Waals surface area contributed by atoms with Crippen molar-refractivity contribution >= 4 is 46.2 Å². The summed E-state index contributed by atoms with van der Waals surface area (Å²) in [5.74, 6) is 1.42. The Labute approximate surface area is 172 Å². The van der Waals surface area contributed by atoms with Crippen molar-refractivity contribution in [2.45, 2.75) is 6.92 Å². The summed E-state index contributed by atoms with van der Waals surface area (Å²) in [6.45, 7) is 1.92. The number of carbonyl (C=O) groups is 1. The van der Waals surface area contributed by atoms with Gasteiger partial charge in [-0.15, -0.1) is 0 Å². The molecule has 1 aliphatic rings. The molecule has 0 aromatic heterocycles. The SMILES string of the molecule is COc1cc(OC)c(/C=C2\SC(=Nc3ccc(C)c(Cl)c3)NC2=O)c(OC)c1. The number of carbonyl (C=O) groups excluding carboxylic acids is 1. The Bertz CT molecular complexity index is 963. The van der Waals surface area contributed by atoms with Gasteiger partial charge in [0, 0.05) is 17.2 Å². The molecule has 6 nitrogen and oxygen atoms in total. The van der Waals surface area contributed by atoms with Crippen LogP contribution in [0.1, 0.15) is 11.1 Å². The van der Waals surface area contributed by atoms with Gasteiger partial charge in [-0.25, -0.2) is 4.99 Å². The fourth-order valence-corrected chi connectivity index (χ4v) is 3.55. The van der Waals surface area contributed by atoms with E-state index >= 15 is 0 Å². The predicted molar refractivity (Wildman–Crippen MR) is 113 cm³/mol. The van der Waals surface area contributed by atoms with E-state index in [1.165, 1.54) is 11.8 Å². The molecule has 2 aromatic carbocycles. The van der Waals surface area contributed by atoms with Gasteiger partial charge in [-0.3, -0.25) is 4.79 Å². The van der Waals surface area contributed by atoms with Gasteiger partial charge < -0.3 is 19.5 Å². The van der Waals surface area contributed by atoms with Gasteiger partial charge in [0.15, 0.2) is 5.17 Å². The normalized spacial score (nSPS) is 16.4. The van der Waals surface area contributed by atoms with Crippen molar-refractivity contribution < 1.29 is 19.0 Å². The molecule has 1 amide bonds. The minimum Gasteiger partial charge on any atom is -0.496 e. The minimum absolute atomic E-state index is 0.248. The van der Waals surface area contributed by atoms with E-state index in [4.69, 9.17) is 25.8 Å². The van der Waals surface area contributed by atoms with Crippen molar-refractivity contribution in [3.63, 3.8) is 0 Å². The third-order valence-corrected chi connectivity index (χ3v) is 5.38. The second kappa shape index (κ2) is 8.58. The lowest BCUT2D eigenvalue weighted by molar-refractivity contribution is -0.115. The third-order valence-electron chi connectivity index (χ3n) is 4.07. The first-order valence-corrected chi connectivity index (χ1v) is 9.50. The van der Waals surface area contributed by atoms with Crippen molar-refractivity contribution in [1.82, 2.24) is 5.32 Å². The maximum absolute atomic E-state index is 12.4. The molecule has 8 heteroatoms. The van der Waals surface area contributed by atoms with E-state index < -0.39 is 0 Å². The molecule has 0 radical (unpaired) electrons. The molecule has 0 saturated carbocycles. The molecule has 1 saturated heterocycles.